The molecule has 5 heteroatoms. The largest absolute Gasteiger partial charge is 0.322 e. The molecule has 4 nitrogen and oxygen atoms in total. The topological polar surface area (TPSA) is 49.4 Å². The second kappa shape index (κ2) is 6.54. The van der Waals surface area contributed by atoms with E-state index in [2.05, 4.69) is 21.2 Å². The SMILES string of the molecule is CC(=O)N(C)c1ccc(NC(=O)c2ccccc2Br)cc1. The number of benzene rings is 2. The van der Waals surface area contributed by atoms with Gasteiger partial charge in [-0.25, -0.2) is 0 Å². The first-order valence-electron chi connectivity index (χ1n) is 6.39. The van der Waals surface area contributed by atoms with Gasteiger partial charge < -0.3 is 10.2 Å². The first-order valence-corrected chi connectivity index (χ1v) is 7.18. The number of nitrogens with one attached hydrogen (secondary N) is 1. The van der Waals surface area contributed by atoms with Crippen molar-refractivity contribution >= 4 is 39.1 Å². The molecule has 0 aliphatic heterocycles. The average Bonchev–Trinajstić information content (AvgIpc) is 2.47. The highest BCUT2D eigenvalue weighted by Crippen LogP contribution is 2.20. The van der Waals surface area contributed by atoms with Crippen molar-refractivity contribution in [2.45, 2.75) is 6.92 Å². The van der Waals surface area contributed by atoms with Crippen molar-refractivity contribution in [3.8, 4) is 0 Å². The first-order chi connectivity index (χ1) is 9.99. The zero-order chi connectivity index (χ0) is 15.4. The molecule has 108 valence electrons. The highest BCUT2D eigenvalue weighted by Gasteiger charge is 2.10. The van der Waals surface area contributed by atoms with Gasteiger partial charge >= 0.3 is 0 Å². The molecule has 0 saturated carbocycles. The lowest BCUT2D eigenvalue weighted by Gasteiger charge is -2.15. The predicted octanol–water partition coefficient (Wildman–Crippen LogP) is 3.68. The monoisotopic (exact) mass is 346 g/mol. The number of nitrogens with zero attached hydrogens (tertiary/aromatic N) is 1. The fourth-order valence-electron chi connectivity index (χ4n) is 1.79. The minimum atomic E-state index is -0.185. The molecule has 0 bridgehead atoms. The Morgan fingerprint density at radius 1 is 1.05 bits per heavy atom. The number of carbonyl (C=O) groups excluding carboxylic acids is 2. The molecule has 0 radical (unpaired) electrons. The molecular weight excluding hydrogens is 332 g/mol. The molecule has 2 aromatic rings. The first kappa shape index (κ1) is 15.3. The van der Waals surface area contributed by atoms with Crippen LogP contribution in [0.3, 0.4) is 0 Å². The normalized spacial score (nSPS) is 10.0. The van der Waals surface area contributed by atoms with Gasteiger partial charge in [0.1, 0.15) is 0 Å². The smallest absolute Gasteiger partial charge is 0.256 e. The molecule has 2 amide bonds. The standard InChI is InChI=1S/C16H15BrN2O2/c1-11(20)19(2)13-9-7-12(8-10-13)18-16(21)14-5-3-4-6-15(14)17/h3-10H,1-2H3,(H,18,21). The van der Waals surface area contributed by atoms with Gasteiger partial charge in [0.2, 0.25) is 5.91 Å². The second-order valence-corrected chi connectivity index (χ2v) is 5.41. The fraction of sp³-hybridized carbons (Fsp3) is 0.125. The maximum atomic E-state index is 12.2. The molecule has 0 saturated heterocycles. The van der Waals surface area contributed by atoms with Crippen LogP contribution in [-0.4, -0.2) is 18.9 Å². The van der Waals surface area contributed by atoms with Crippen molar-refractivity contribution in [1.29, 1.82) is 0 Å². The summed E-state index contributed by atoms with van der Waals surface area (Å²) >= 11 is 3.35. The molecular formula is C16H15BrN2O2. The summed E-state index contributed by atoms with van der Waals surface area (Å²) in [5.74, 6) is -0.227. The predicted molar refractivity (Wildman–Crippen MR) is 87.6 cm³/mol. The van der Waals surface area contributed by atoms with Crippen LogP contribution < -0.4 is 10.2 Å². The minimum Gasteiger partial charge on any atom is -0.322 e. The Balaban J connectivity index is 2.12. The van der Waals surface area contributed by atoms with Crippen LogP contribution in [0.1, 0.15) is 17.3 Å². The van der Waals surface area contributed by atoms with Gasteiger partial charge in [0.15, 0.2) is 0 Å². The molecule has 1 N–H and O–H groups in total. The van der Waals surface area contributed by atoms with Gasteiger partial charge in [-0.2, -0.15) is 0 Å². The van der Waals surface area contributed by atoms with Crippen LogP contribution in [0, 0.1) is 0 Å². The number of hydrogen-bond donors (Lipinski definition) is 1. The van der Waals surface area contributed by atoms with Crippen LogP contribution in [0.25, 0.3) is 0 Å². The van der Waals surface area contributed by atoms with Gasteiger partial charge in [0.05, 0.1) is 5.56 Å². The average molecular weight is 347 g/mol. The maximum Gasteiger partial charge on any atom is 0.256 e. The zero-order valence-corrected chi connectivity index (χ0v) is 13.3. The fourth-order valence-corrected chi connectivity index (χ4v) is 2.26. The Labute approximate surface area is 131 Å². The highest BCUT2D eigenvalue weighted by atomic mass is 79.9. The molecule has 0 fully saturated rings. The van der Waals surface area contributed by atoms with Crippen LogP contribution in [-0.2, 0) is 4.79 Å². The lowest BCUT2D eigenvalue weighted by atomic mass is 10.2. The summed E-state index contributed by atoms with van der Waals surface area (Å²) in [5, 5.41) is 2.82. The molecule has 21 heavy (non-hydrogen) atoms. The van der Waals surface area contributed by atoms with Gasteiger partial charge in [-0.05, 0) is 52.3 Å². The van der Waals surface area contributed by atoms with E-state index < -0.39 is 0 Å². The summed E-state index contributed by atoms with van der Waals surface area (Å²) in [6.45, 7) is 1.50. The molecule has 0 aliphatic rings. The molecule has 2 aromatic carbocycles. The van der Waals surface area contributed by atoms with E-state index in [-0.39, 0.29) is 11.8 Å². The summed E-state index contributed by atoms with van der Waals surface area (Å²) in [4.78, 5) is 25.0. The number of carbonyl (C=O) groups is 2. The lowest BCUT2D eigenvalue weighted by Crippen LogP contribution is -2.22. The van der Waals surface area contributed by atoms with Crippen LogP contribution in [0.2, 0.25) is 0 Å². The van der Waals surface area contributed by atoms with E-state index in [1.165, 1.54) is 6.92 Å². The van der Waals surface area contributed by atoms with Crippen LogP contribution >= 0.6 is 15.9 Å². The Kier molecular flexibility index (Phi) is 4.75. The van der Waals surface area contributed by atoms with Gasteiger partial charge in [0, 0.05) is 29.8 Å². The molecule has 0 unspecified atom stereocenters. The van der Waals surface area contributed by atoms with Crippen molar-refractivity contribution in [3.05, 3.63) is 58.6 Å². The Hall–Kier alpha value is -2.14. The Morgan fingerprint density at radius 2 is 1.67 bits per heavy atom. The van der Waals surface area contributed by atoms with Gasteiger partial charge in [-0.3, -0.25) is 9.59 Å². The van der Waals surface area contributed by atoms with E-state index in [0.29, 0.717) is 11.3 Å². The number of rotatable bonds is 3. The van der Waals surface area contributed by atoms with Gasteiger partial charge in [0.25, 0.3) is 5.91 Å². The third kappa shape index (κ3) is 3.70. The molecule has 2 rings (SSSR count). The number of amides is 2. The molecule has 0 aliphatic carbocycles. The maximum absolute atomic E-state index is 12.2. The number of halogens is 1. The number of anilines is 2. The third-order valence-electron chi connectivity index (χ3n) is 3.10. The third-order valence-corrected chi connectivity index (χ3v) is 3.79. The highest BCUT2D eigenvalue weighted by molar-refractivity contribution is 9.10. The summed E-state index contributed by atoms with van der Waals surface area (Å²) < 4.78 is 0.746. The van der Waals surface area contributed by atoms with Crippen molar-refractivity contribution in [2.75, 3.05) is 17.3 Å². The molecule has 0 atom stereocenters. The van der Waals surface area contributed by atoms with E-state index in [9.17, 15) is 9.59 Å². The second-order valence-electron chi connectivity index (χ2n) is 4.56. The number of hydrogen-bond acceptors (Lipinski definition) is 2. The Bertz CT molecular complexity index is 668. The van der Waals surface area contributed by atoms with Crippen molar-refractivity contribution in [3.63, 3.8) is 0 Å². The zero-order valence-electron chi connectivity index (χ0n) is 11.8. The molecule has 0 spiro atoms. The van der Waals surface area contributed by atoms with Crippen molar-refractivity contribution in [1.82, 2.24) is 0 Å². The lowest BCUT2D eigenvalue weighted by molar-refractivity contribution is -0.116. The molecule has 0 aromatic heterocycles. The minimum absolute atomic E-state index is 0.0417. The summed E-state index contributed by atoms with van der Waals surface area (Å²) in [5.41, 5.74) is 2.03. The van der Waals surface area contributed by atoms with Crippen LogP contribution in [0.5, 0.6) is 0 Å². The van der Waals surface area contributed by atoms with E-state index >= 15 is 0 Å². The van der Waals surface area contributed by atoms with E-state index in [4.69, 9.17) is 0 Å². The summed E-state index contributed by atoms with van der Waals surface area (Å²) in [6.07, 6.45) is 0. The molecule has 0 heterocycles. The summed E-state index contributed by atoms with van der Waals surface area (Å²) in [7, 11) is 1.71. The Morgan fingerprint density at radius 3 is 2.24 bits per heavy atom. The van der Waals surface area contributed by atoms with E-state index in [1.54, 1.807) is 42.3 Å². The van der Waals surface area contributed by atoms with E-state index in [0.717, 1.165) is 10.2 Å². The summed E-state index contributed by atoms with van der Waals surface area (Å²) in [6, 6.07) is 14.3. The van der Waals surface area contributed by atoms with Crippen molar-refractivity contribution < 1.29 is 9.59 Å². The van der Waals surface area contributed by atoms with Gasteiger partial charge in [-0.1, -0.05) is 12.1 Å². The van der Waals surface area contributed by atoms with Crippen molar-refractivity contribution in [2.24, 2.45) is 0 Å². The van der Waals surface area contributed by atoms with E-state index in [1.807, 2.05) is 18.2 Å². The van der Waals surface area contributed by atoms with Crippen LogP contribution in [0.15, 0.2) is 53.0 Å². The van der Waals surface area contributed by atoms with Crippen LogP contribution in [0.4, 0.5) is 11.4 Å². The van der Waals surface area contributed by atoms with Gasteiger partial charge in [-0.15, -0.1) is 0 Å². The quantitative estimate of drug-likeness (QED) is 0.921.